The van der Waals surface area contributed by atoms with Crippen LogP contribution in [-0.2, 0) is 4.74 Å². The molecular formula is C10H19NO. The van der Waals surface area contributed by atoms with Gasteiger partial charge in [0.2, 0.25) is 0 Å². The first kappa shape index (κ1) is 9.75. The molecule has 0 bridgehead atoms. The molecule has 0 spiro atoms. The van der Waals surface area contributed by atoms with E-state index in [2.05, 4.69) is 25.7 Å². The molecule has 2 nitrogen and oxygen atoms in total. The van der Waals surface area contributed by atoms with E-state index < -0.39 is 0 Å². The molecule has 2 heteroatoms. The molecule has 1 rings (SSSR count). The van der Waals surface area contributed by atoms with Crippen LogP contribution in [0.25, 0.3) is 0 Å². The lowest BCUT2D eigenvalue weighted by molar-refractivity contribution is -0.0139. The normalized spacial score (nSPS) is 29.4. The molecule has 1 N–H and O–H groups in total. The van der Waals surface area contributed by atoms with Crippen LogP contribution in [0, 0.1) is 0 Å². The maximum absolute atomic E-state index is 5.74. The second-order valence-corrected chi connectivity index (χ2v) is 4.17. The molecular weight excluding hydrogens is 150 g/mol. The predicted octanol–water partition coefficient (Wildman–Crippen LogP) is 1.72. The smallest absolute Gasteiger partial charge is 0.0665 e. The molecule has 1 aliphatic heterocycles. The molecule has 1 unspecified atom stereocenters. The fourth-order valence-corrected chi connectivity index (χ4v) is 1.30. The molecule has 0 aliphatic carbocycles. The van der Waals surface area contributed by atoms with E-state index >= 15 is 0 Å². The highest BCUT2D eigenvalue weighted by atomic mass is 16.5. The van der Waals surface area contributed by atoms with Crippen molar-refractivity contribution in [1.29, 1.82) is 0 Å². The minimum atomic E-state index is 0.0250. The number of hydrogen-bond donors (Lipinski definition) is 1. The Morgan fingerprint density at radius 2 is 2.25 bits per heavy atom. The van der Waals surface area contributed by atoms with Crippen LogP contribution in [0.1, 0.15) is 27.2 Å². The zero-order valence-electron chi connectivity index (χ0n) is 8.31. The van der Waals surface area contributed by atoms with Gasteiger partial charge in [0.1, 0.15) is 0 Å². The summed E-state index contributed by atoms with van der Waals surface area (Å²) in [6, 6.07) is 0.340. The predicted molar refractivity (Wildman–Crippen MR) is 51.3 cm³/mol. The Morgan fingerprint density at radius 1 is 1.58 bits per heavy atom. The third-order valence-electron chi connectivity index (χ3n) is 2.35. The lowest BCUT2D eigenvalue weighted by Crippen LogP contribution is -2.32. The Kier molecular flexibility index (Phi) is 2.91. The van der Waals surface area contributed by atoms with Crippen LogP contribution in [0.15, 0.2) is 12.2 Å². The average Bonchev–Trinajstić information content (AvgIpc) is 2.10. The van der Waals surface area contributed by atoms with Gasteiger partial charge in [0.05, 0.1) is 18.2 Å². The summed E-state index contributed by atoms with van der Waals surface area (Å²) >= 11 is 0. The van der Waals surface area contributed by atoms with Crippen molar-refractivity contribution in [3.8, 4) is 0 Å². The molecule has 0 saturated carbocycles. The van der Waals surface area contributed by atoms with E-state index in [0.717, 1.165) is 25.1 Å². The first-order valence-corrected chi connectivity index (χ1v) is 4.54. The van der Waals surface area contributed by atoms with E-state index in [4.69, 9.17) is 4.74 Å². The summed E-state index contributed by atoms with van der Waals surface area (Å²) in [6.45, 7) is 12.0. The van der Waals surface area contributed by atoms with Gasteiger partial charge in [-0.15, -0.1) is 0 Å². The Bertz CT molecular complexity index is 175. The molecule has 0 aromatic carbocycles. The largest absolute Gasteiger partial charge is 0.374 e. The summed E-state index contributed by atoms with van der Waals surface area (Å²) < 4.78 is 5.74. The summed E-state index contributed by atoms with van der Waals surface area (Å²) in [7, 11) is 0. The lowest BCUT2D eigenvalue weighted by atomic mass is 10.1. The number of ether oxygens (including phenoxy) is 1. The second kappa shape index (κ2) is 3.58. The van der Waals surface area contributed by atoms with Crippen LogP contribution >= 0.6 is 0 Å². The number of nitrogens with one attached hydrogen (secondary N) is 1. The van der Waals surface area contributed by atoms with Gasteiger partial charge in [-0.05, 0) is 33.7 Å². The molecule has 70 valence electrons. The van der Waals surface area contributed by atoms with E-state index in [1.807, 2.05) is 6.92 Å². The van der Waals surface area contributed by atoms with Gasteiger partial charge >= 0.3 is 0 Å². The van der Waals surface area contributed by atoms with Gasteiger partial charge in [-0.2, -0.15) is 0 Å². The summed E-state index contributed by atoms with van der Waals surface area (Å²) in [6.07, 6.45) is 1.07. The van der Waals surface area contributed by atoms with Crippen molar-refractivity contribution in [2.45, 2.75) is 38.8 Å². The van der Waals surface area contributed by atoms with Gasteiger partial charge in [0, 0.05) is 0 Å². The number of rotatable bonds is 1. The van der Waals surface area contributed by atoms with Crippen molar-refractivity contribution >= 4 is 0 Å². The van der Waals surface area contributed by atoms with E-state index in [1.54, 1.807) is 0 Å². The monoisotopic (exact) mass is 169 g/mol. The van der Waals surface area contributed by atoms with Crippen LogP contribution in [0.2, 0.25) is 0 Å². The molecule has 0 radical (unpaired) electrons. The van der Waals surface area contributed by atoms with Gasteiger partial charge in [-0.25, -0.2) is 0 Å². The molecule has 1 atom stereocenters. The van der Waals surface area contributed by atoms with E-state index in [9.17, 15) is 0 Å². The highest BCUT2D eigenvalue weighted by Crippen LogP contribution is 2.18. The highest BCUT2D eigenvalue weighted by Gasteiger charge is 2.24. The molecule has 0 aromatic rings. The van der Waals surface area contributed by atoms with Crippen molar-refractivity contribution in [3.63, 3.8) is 0 Å². The molecule has 1 aliphatic rings. The zero-order chi connectivity index (χ0) is 9.19. The van der Waals surface area contributed by atoms with Crippen LogP contribution in [0.4, 0.5) is 0 Å². The highest BCUT2D eigenvalue weighted by molar-refractivity contribution is 5.02. The van der Waals surface area contributed by atoms with Crippen LogP contribution in [0.3, 0.4) is 0 Å². The standard InChI is InChI=1S/C10H19NO/c1-8(2)9-7-12-10(3,4)5-6-11-9/h9,11H,1,5-7H2,2-4H3. The lowest BCUT2D eigenvalue weighted by Gasteiger charge is -2.22. The van der Waals surface area contributed by atoms with E-state index in [1.165, 1.54) is 0 Å². The summed E-state index contributed by atoms with van der Waals surface area (Å²) in [5.41, 5.74) is 1.18. The Morgan fingerprint density at radius 3 is 2.83 bits per heavy atom. The number of hydrogen-bond acceptors (Lipinski definition) is 2. The van der Waals surface area contributed by atoms with Crippen LogP contribution < -0.4 is 5.32 Å². The zero-order valence-corrected chi connectivity index (χ0v) is 8.31. The van der Waals surface area contributed by atoms with Crippen LogP contribution in [-0.4, -0.2) is 24.8 Å². The third-order valence-corrected chi connectivity index (χ3v) is 2.35. The first-order valence-electron chi connectivity index (χ1n) is 4.54. The van der Waals surface area contributed by atoms with Crippen molar-refractivity contribution in [3.05, 3.63) is 12.2 Å². The Labute approximate surface area is 75.0 Å². The topological polar surface area (TPSA) is 21.3 Å². The van der Waals surface area contributed by atoms with Crippen molar-refractivity contribution in [2.75, 3.05) is 13.2 Å². The van der Waals surface area contributed by atoms with Crippen molar-refractivity contribution < 1.29 is 4.74 Å². The quantitative estimate of drug-likeness (QED) is 0.603. The second-order valence-electron chi connectivity index (χ2n) is 4.17. The summed E-state index contributed by atoms with van der Waals surface area (Å²) in [5.74, 6) is 0. The molecule has 12 heavy (non-hydrogen) atoms. The van der Waals surface area contributed by atoms with Gasteiger partial charge in [-0.3, -0.25) is 0 Å². The van der Waals surface area contributed by atoms with E-state index in [-0.39, 0.29) is 5.60 Å². The fraction of sp³-hybridized carbons (Fsp3) is 0.800. The van der Waals surface area contributed by atoms with Crippen LogP contribution in [0.5, 0.6) is 0 Å². The van der Waals surface area contributed by atoms with Crippen molar-refractivity contribution in [1.82, 2.24) is 5.32 Å². The van der Waals surface area contributed by atoms with Crippen molar-refractivity contribution in [2.24, 2.45) is 0 Å². The Hall–Kier alpha value is -0.340. The van der Waals surface area contributed by atoms with Gasteiger partial charge < -0.3 is 10.1 Å². The summed E-state index contributed by atoms with van der Waals surface area (Å²) in [4.78, 5) is 0. The maximum atomic E-state index is 5.74. The maximum Gasteiger partial charge on any atom is 0.0665 e. The van der Waals surface area contributed by atoms with Gasteiger partial charge in [0.25, 0.3) is 0 Å². The molecule has 1 saturated heterocycles. The SMILES string of the molecule is C=C(C)C1COC(C)(C)CCN1. The average molecular weight is 169 g/mol. The molecule has 1 heterocycles. The summed E-state index contributed by atoms with van der Waals surface area (Å²) in [5, 5.41) is 3.41. The molecule has 0 aromatic heterocycles. The third kappa shape index (κ3) is 2.61. The first-order chi connectivity index (χ1) is 5.51. The van der Waals surface area contributed by atoms with E-state index in [0.29, 0.717) is 6.04 Å². The van der Waals surface area contributed by atoms with Gasteiger partial charge in [0.15, 0.2) is 0 Å². The minimum Gasteiger partial charge on any atom is -0.374 e. The Balaban J connectivity index is 2.50. The molecule has 1 fully saturated rings. The fourth-order valence-electron chi connectivity index (χ4n) is 1.30. The van der Waals surface area contributed by atoms with Gasteiger partial charge in [-0.1, -0.05) is 12.2 Å². The minimum absolute atomic E-state index is 0.0250. The molecule has 0 amide bonds.